The van der Waals surface area contributed by atoms with Gasteiger partial charge in [0.2, 0.25) is 0 Å². The summed E-state index contributed by atoms with van der Waals surface area (Å²) in [6.07, 6.45) is 0.798. The maximum absolute atomic E-state index is 11.7. The van der Waals surface area contributed by atoms with Crippen molar-refractivity contribution in [2.45, 2.75) is 30.8 Å². The number of hydrogen-bond donors (Lipinski definition) is 1. The van der Waals surface area contributed by atoms with Gasteiger partial charge >= 0.3 is 5.69 Å². The summed E-state index contributed by atoms with van der Waals surface area (Å²) < 4.78 is 6.89. The maximum Gasteiger partial charge on any atom is 0.344 e. The second kappa shape index (κ2) is 6.62. The highest BCUT2D eigenvalue weighted by atomic mass is 32.2. The van der Waals surface area contributed by atoms with Crippen molar-refractivity contribution in [3.8, 4) is 5.75 Å². The maximum atomic E-state index is 11.7. The van der Waals surface area contributed by atoms with E-state index in [1.165, 1.54) is 11.8 Å². The van der Waals surface area contributed by atoms with Gasteiger partial charge in [-0.3, -0.25) is 9.36 Å². The van der Waals surface area contributed by atoms with E-state index in [0.717, 1.165) is 11.8 Å². The Labute approximate surface area is 126 Å². The van der Waals surface area contributed by atoms with Gasteiger partial charge in [0, 0.05) is 22.9 Å². The Morgan fingerprint density at radius 3 is 2.86 bits per heavy atom. The van der Waals surface area contributed by atoms with Crippen LogP contribution in [0, 0.1) is 0 Å². The molecule has 0 spiro atoms. The quantitative estimate of drug-likeness (QED) is 0.654. The van der Waals surface area contributed by atoms with Crippen LogP contribution in [0.4, 0.5) is 0 Å². The summed E-state index contributed by atoms with van der Waals surface area (Å²) in [5.74, 6) is 1.27. The molecule has 2 aromatic rings. The third-order valence-electron chi connectivity index (χ3n) is 2.99. The van der Waals surface area contributed by atoms with E-state index in [0.29, 0.717) is 22.2 Å². The first kappa shape index (κ1) is 15.4. The number of aldehydes is 1. The van der Waals surface area contributed by atoms with Crippen molar-refractivity contribution in [3.05, 3.63) is 39.8 Å². The molecule has 112 valence electrons. The minimum absolute atomic E-state index is 0.0296. The molecule has 21 heavy (non-hydrogen) atoms. The molecule has 0 radical (unpaired) electrons. The van der Waals surface area contributed by atoms with E-state index in [1.54, 1.807) is 29.9 Å². The smallest absolute Gasteiger partial charge is 0.344 e. The SMILES string of the molecule is COc1ccc(C=O)cc1CSc1n[nH]c(=O)n1C(C)C. The number of aromatic amines is 1. The van der Waals surface area contributed by atoms with Crippen molar-refractivity contribution < 1.29 is 9.53 Å². The third-order valence-corrected chi connectivity index (χ3v) is 3.99. The summed E-state index contributed by atoms with van der Waals surface area (Å²) in [5.41, 5.74) is 1.26. The normalized spacial score (nSPS) is 10.9. The van der Waals surface area contributed by atoms with Crippen molar-refractivity contribution >= 4 is 18.0 Å². The van der Waals surface area contributed by atoms with Crippen LogP contribution in [0.5, 0.6) is 5.75 Å². The Morgan fingerprint density at radius 2 is 2.24 bits per heavy atom. The van der Waals surface area contributed by atoms with Gasteiger partial charge in [-0.1, -0.05) is 11.8 Å². The van der Waals surface area contributed by atoms with E-state index < -0.39 is 0 Å². The molecule has 6 nitrogen and oxygen atoms in total. The number of hydrogen-bond acceptors (Lipinski definition) is 5. The van der Waals surface area contributed by atoms with Crippen LogP contribution in [-0.2, 0) is 5.75 Å². The minimum atomic E-state index is -0.221. The molecule has 7 heteroatoms. The fraction of sp³-hybridized carbons (Fsp3) is 0.357. The second-order valence-electron chi connectivity index (χ2n) is 4.75. The first-order valence-corrected chi connectivity index (χ1v) is 7.47. The molecule has 2 rings (SSSR count). The van der Waals surface area contributed by atoms with E-state index in [-0.39, 0.29) is 11.7 Å². The van der Waals surface area contributed by atoms with Gasteiger partial charge in [-0.25, -0.2) is 9.89 Å². The summed E-state index contributed by atoms with van der Waals surface area (Å²) in [6, 6.07) is 5.28. The molecule has 0 amide bonds. The lowest BCUT2D eigenvalue weighted by molar-refractivity contribution is 0.112. The zero-order chi connectivity index (χ0) is 15.4. The standard InChI is InChI=1S/C14H17N3O3S/c1-9(2)17-13(19)15-16-14(17)21-8-11-6-10(7-18)4-5-12(11)20-3/h4-7,9H,8H2,1-3H3,(H,15,19). The van der Waals surface area contributed by atoms with Crippen molar-refractivity contribution in [2.75, 3.05) is 7.11 Å². The predicted octanol–water partition coefficient (Wildman–Crippen LogP) is 2.27. The first-order valence-electron chi connectivity index (χ1n) is 6.48. The molecular formula is C14H17N3O3S. The van der Waals surface area contributed by atoms with Gasteiger partial charge in [0.15, 0.2) is 5.16 Å². The van der Waals surface area contributed by atoms with Crippen molar-refractivity contribution in [1.82, 2.24) is 14.8 Å². The van der Waals surface area contributed by atoms with Crippen LogP contribution >= 0.6 is 11.8 Å². The molecule has 1 aromatic carbocycles. The van der Waals surface area contributed by atoms with Gasteiger partial charge in [0.05, 0.1) is 7.11 Å². The molecule has 0 saturated carbocycles. The van der Waals surface area contributed by atoms with E-state index in [9.17, 15) is 9.59 Å². The Hall–Kier alpha value is -2.02. The molecule has 1 aromatic heterocycles. The second-order valence-corrected chi connectivity index (χ2v) is 5.70. The Balaban J connectivity index is 2.24. The largest absolute Gasteiger partial charge is 0.496 e. The number of rotatable bonds is 6. The summed E-state index contributed by atoms with van der Waals surface area (Å²) in [4.78, 5) is 22.5. The lowest BCUT2D eigenvalue weighted by Gasteiger charge is -2.10. The van der Waals surface area contributed by atoms with Crippen molar-refractivity contribution in [1.29, 1.82) is 0 Å². The van der Waals surface area contributed by atoms with Gasteiger partial charge in [-0.05, 0) is 32.0 Å². The van der Waals surface area contributed by atoms with Gasteiger partial charge in [-0.2, -0.15) is 0 Å². The van der Waals surface area contributed by atoms with Crippen molar-refractivity contribution in [2.24, 2.45) is 0 Å². The molecular weight excluding hydrogens is 290 g/mol. The number of methoxy groups -OCH3 is 1. The lowest BCUT2D eigenvalue weighted by atomic mass is 10.1. The van der Waals surface area contributed by atoms with Crippen LogP contribution in [0.15, 0.2) is 28.2 Å². The molecule has 1 heterocycles. The first-order chi connectivity index (χ1) is 10.1. The molecule has 0 aliphatic rings. The number of benzene rings is 1. The highest BCUT2D eigenvalue weighted by molar-refractivity contribution is 7.98. The highest BCUT2D eigenvalue weighted by Crippen LogP contribution is 2.28. The number of thioether (sulfide) groups is 1. The van der Waals surface area contributed by atoms with Gasteiger partial charge < -0.3 is 4.74 Å². The van der Waals surface area contributed by atoms with Gasteiger partial charge in [-0.15, -0.1) is 5.10 Å². The fourth-order valence-corrected chi connectivity index (χ4v) is 3.03. The summed E-state index contributed by atoms with van der Waals surface area (Å²) in [6.45, 7) is 3.85. The topological polar surface area (TPSA) is 77.0 Å². The number of H-pyrrole nitrogens is 1. The zero-order valence-corrected chi connectivity index (χ0v) is 12.9. The Kier molecular flexibility index (Phi) is 4.85. The van der Waals surface area contributed by atoms with Crippen molar-refractivity contribution in [3.63, 3.8) is 0 Å². The number of aromatic nitrogens is 3. The van der Waals surface area contributed by atoms with E-state index in [4.69, 9.17) is 4.74 Å². The van der Waals surface area contributed by atoms with E-state index in [1.807, 2.05) is 13.8 Å². The van der Waals surface area contributed by atoms with Crippen LogP contribution in [-0.4, -0.2) is 28.2 Å². The number of ether oxygens (including phenoxy) is 1. The average Bonchev–Trinajstić information content (AvgIpc) is 2.85. The van der Waals surface area contributed by atoms with Gasteiger partial charge in [0.1, 0.15) is 12.0 Å². The predicted molar refractivity (Wildman–Crippen MR) is 81.2 cm³/mol. The molecule has 1 N–H and O–H groups in total. The summed E-state index contributed by atoms with van der Waals surface area (Å²) >= 11 is 1.42. The lowest BCUT2D eigenvalue weighted by Crippen LogP contribution is -2.19. The Bertz CT molecular complexity index is 691. The van der Waals surface area contributed by atoms with E-state index >= 15 is 0 Å². The van der Waals surface area contributed by atoms with Crippen LogP contribution in [0.3, 0.4) is 0 Å². The summed E-state index contributed by atoms with van der Waals surface area (Å²) in [5, 5.41) is 7.10. The van der Waals surface area contributed by atoms with E-state index in [2.05, 4.69) is 10.2 Å². The Morgan fingerprint density at radius 1 is 1.48 bits per heavy atom. The van der Waals surface area contributed by atoms with Gasteiger partial charge in [0.25, 0.3) is 0 Å². The van der Waals surface area contributed by atoms with Crippen LogP contribution in [0.25, 0.3) is 0 Å². The number of nitrogens with one attached hydrogen (secondary N) is 1. The summed E-state index contributed by atoms with van der Waals surface area (Å²) in [7, 11) is 1.59. The van der Waals surface area contributed by atoms with Crippen LogP contribution in [0.2, 0.25) is 0 Å². The highest BCUT2D eigenvalue weighted by Gasteiger charge is 2.13. The molecule has 0 aliphatic heterocycles. The number of carbonyl (C=O) groups is 1. The van der Waals surface area contributed by atoms with Crippen LogP contribution < -0.4 is 10.4 Å². The molecule has 0 aliphatic carbocycles. The molecule has 0 saturated heterocycles. The van der Waals surface area contributed by atoms with Crippen LogP contribution in [0.1, 0.15) is 35.8 Å². The number of carbonyl (C=O) groups excluding carboxylic acids is 1. The minimum Gasteiger partial charge on any atom is -0.496 e. The zero-order valence-electron chi connectivity index (χ0n) is 12.1. The average molecular weight is 307 g/mol. The molecule has 0 atom stereocenters. The molecule has 0 bridgehead atoms. The number of nitrogens with zero attached hydrogens (tertiary/aromatic N) is 2. The third kappa shape index (κ3) is 3.36. The molecule has 0 unspecified atom stereocenters. The monoisotopic (exact) mass is 307 g/mol. The fourth-order valence-electron chi connectivity index (χ4n) is 1.97. The molecule has 0 fully saturated rings.